The van der Waals surface area contributed by atoms with Crippen LogP contribution in [0.5, 0.6) is 23.0 Å². The summed E-state index contributed by atoms with van der Waals surface area (Å²) >= 11 is 0. The summed E-state index contributed by atoms with van der Waals surface area (Å²) in [6, 6.07) is 66.1. The summed E-state index contributed by atoms with van der Waals surface area (Å²) < 4.78 is 14.3. The van der Waals surface area contributed by atoms with Crippen LogP contribution in [0.25, 0.3) is 76.5 Å². The van der Waals surface area contributed by atoms with E-state index in [1.165, 1.54) is 0 Å². The summed E-state index contributed by atoms with van der Waals surface area (Å²) in [6.45, 7) is -0.175. The number of fused-ring (bicyclic) bond motifs is 4. The molecule has 2 N–H and O–H groups in total. The zero-order valence-corrected chi connectivity index (χ0v) is 31.6. The van der Waals surface area contributed by atoms with E-state index in [0.717, 1.165) is 87.6 Å². The molecule has 0 heterocycles. The van der Waals surface area contributed by atoms with E-state index in [4.69, 9.17) is 9.47 Å². The quantitative estimate of drug-likeness (QED) is 0.154. The van der Waals surface area contributed by atoms with Crippen molar-refractivity contribution in [3.8, 4) is 56.4 Å². The first-order valence-corrected chi connectivity index (χ1v) is 19.5. The largest absolute Gasteiger partial charge is 0.456 e. The molecule has 278 valence electrons. The van der Waals surface area contributed by atoms with E-state index in [-0.39, 0.29) is 13.2 Å². The Kier molecular flexibility index (Phi) is 9.11. The minimum Gasteiger partial charge on any atom is -0.456 e. The number of ether oxygens (including phenoxy) is 2. The highest BCUT2D eigenvalue weighted by Crippen LogP contribution is 2.50. The van der Waals surface area contributed by atoms with E-state index in [9.17, 15) is 10.2 Å². The number of rotatable bonds is 9. The van der Waals surface area contributed by atoms with Crippen molar-refractivity contribution in [2.75, 3.05) is 0 Å². The second-order valence-electron chi connectivity index (χ2n) is 14.6. The minimum absolute atomic E-state index is 0.0873. The van der Waals surface area contributed by atoms with E-state index in [1.54, 1.807) is 0 Å². The maximum absolute atomic E-state index is 10.3. The summed E-state index contributed by atoms with van der Waals surface area (Å²) in [6.07, 6.45) is 0. The van der Waals surface area contributed by atoms with Gasteiger partial charge in [-0.1, -0.05) is 158 Å². The van der Waals surface area contributed by atoms with Gasteiger partial charge in [-0.2, -0.15) is 0 Å². The Labute approximate surface area is 336 Å². The molecule has 0 bridgehead atoms. The standard InChI is InChI=1S/C54H38O4/c55-33-35-23-27-49(47(31-35)45-21-9-15-37-11-1-5-17-41(37)45)57-51-29-25-39-13-3-7-19-43(39)53(51)54-44-20-8-4-14-40(44)26-30-52(54)58-50-28-24-36(34-56)32-48(50)46-22-10-16-38-12-2-6-18-42(38)46/h1-32,55-56H,33-34H2. The van der Waals surface area contributed by atoms with Crippen LogP contribution in [0.2, 0.25) is 0 Å². The Hall–Kier alpha value is -7.24. The van der Waals surface area contributed by atoms with Crippen LogP contribution in [0.3, 0.4) is 0 Å². The van der Waals surface area contributed by atoms with Gasteiger partial charge in [-0.05, 0) is 102 Å². The average molecular weight is 751 g/mol. The molecule has 10 aromatic rings. The SMILES string of the molecule is OCc1ccc(Oc2ccc3ccccc3c2-c2c(Oc3ccc(CO)cc3-c3cccc4ccccc34)ccc3ccccc23)c(-c2cccc3ccccc23)c1. The van der Waals surface area contributed by atoms with Gasteiger partial charge in [-0.15, -0.1) is 0 Å². The molecule has 0 aliphatic heterocycles. The molecule has 0 spiro atoms. The van der Waals surface area contributed by atoms with Crippen molar-refractivity contribution in [3.05, 3.63) is 205 Å². The van der Waals surface area contributed by atoms with E-state index in [2.05, 4.69) is 133 Å². The van der Waals surface area contributed by atoms with E-state index >= 15 is 0 Å². The van der Waals surface area contributed by atoms with Crippen molar-refractivity contribution in [2.24, 2.45) is 0 Å². The molecule has 0 aliphatic carbocycles. The topological polar surface area (TPSA) is 58.9 Å². The molecule has 0 radical (unpaired) electrons. The lowest BCUT2D eigenvalue weighted by atomic mass is 9.92. The van der Waals surface area contributed by atoms with Gasteiger partial charge in [0.15, 0.2) is 0 Å². The summed E-state index contributed by atoms with van der Waals surface area (Å²) in [5.74, 6) is 2.68. The normalized spacial score (nSPS) is 11.4. The van der Waals surface area contributed by atoms with Crippen LogP contribution in [0.4, 0.5) is 0 Å². The van der Waals surface area contributed by atoms with Crippen molar-refractivity contribution in [2.45, 2.75) is 13.2 Å². The van der Waals surface area contributed by atoms with Crippen molar-refractivity contribution in [3.63, 3.8) is 0 Å². The molecular formula is C54H38O4. The first-order chi connectivity index (χ1) is 28.7. The molecule has 0 saturated heterocycles. The van der Waals surface area contributed by atoms with Gasteiger partial charge in [0, 0.05) is 22.3 Å². The lowest BCUT2D eigenvalue weighted by Gasteiger charge is -2.22. The highest BCUT2D eigenvalue weighted by molar-refractivity contribution is 6.10. The Balaban J connectivity index is 1.20. The van der Waals surface area contributed by atoms with Gasteiger partial charge in [-0.25, -0.2) is 0 Å². The predicted molar refractivity (Wildman–Crippen MR) is 238 cm³/mol. The zero-order valence-electron chi connectivity index (χ0n) is 31.6. The summed E-state index contributed by atoms with van der Waals surface area (Å²) in [5.41, 5.74) is 7.22. The molecule has 0 fully saturated rings. The van der Waals surface area contributed by atoms with Crippen LogP contribution >= 0.6 is 0 Å². The molecule has 10 rings (SSSR count). The molecule has 0 saturated carbocycles. The van der Waals surface area contributed by atoms with Gasteiger partial charge < -0.3 is 19.7 Å². The summed E-state index contributed by atoms with van der Waals surface area (Å²) in [5, 5.41) is 29.2. The summed E-state index contributed by atoms with van der Waals surface area (Å²) in [4.78, 5) is 0. The van der Waals surface area contributed by atoms with Gasteiger partial charge in [0.25, 0.3) is 0 Å². The van der Waals surface area contributed by atoms with Gasteiger partial charge in [-0.3, -0.25) is 0 Å². The number of aliphatic hydroxyl groups excluding tert-OH is 2. The molecule has 0 aliphatic rings. The molecular weight excluding hydrogens is 713 g/mol. The molecule has 0 atom stereocenters. The fourth-order valence-electron chi connectivity index (χ4n) is 8.30. The van der Waals surface area contributed by atoms with Gasteiger partial charge in [0.05, 0.1) is 13.2 Å². The third kappa shape index (κ3) is 6.31. The third-order valence-corrected chi connectivity index (χ3v) is 11.1. The van der Waals surface area contributed by atoms with Crippen molar-refractivity contribution in [1.82, 2.24) is 0 Å². The van der Waals surface area contributed by atoms with Crippen LogP contribution in [-0.2, 0) is 13.2 Å². The van der Waals surface area contributed by atoms with Crippen LogP contribution in [0, 0.1) is 0 Å². The minimum atomic E-state index is -0.0873. The fraction of sp³-hybridized carbons (Fsp3) is 0.0370. The smallest absolute Gasteiger partial charge is 0.136 e. The molecule has 4 heteroatoms. The Morgan fingerprint density at radius 2 is 0.638 bits per heavy atom. The fourth-order valence-corrected chi connectivity index (χ4v) is 8.30. The number of hydrogen-bond donors (Lipinski definition) is 2. The Bertz CT molecular complexity index is 2940. The molecule has 0 amide bonds. The number of aliphatic hydroxyl groups is 2. The first-order valence-electron chi connectivity index (χ1n) is 19.5. The third-order valence-electron chi connectivity index (χ3n) is 11.1. The van der Waals surface area contributed by atoms with Crippen LogP contribution < -0.4 is 9.47 Å². The second kappa shape index (κ2) is 15.0. The van der Waals surface area contributed by atoms with Gasteiger partial charge in [0.2, 0.25) is 0 Å². The number of benzene rings is 10. The maximum Gasteiger partial charge on any atom is 0.136 e. The monoisotopic (exact) mass is 750 g/mol. The Morgan fingerprint density at radius 3 is 1.05 bits per heavy atom. The van der Waals surface area contributed by atoms with E-state index in [0.29, 0.717) is 23.0 Å². The van der Waals surface area contributed by atoms with Gasteiger partial charge in [0.1, 0.15) is 23.0 Å². The second-order valence-corrected chi connectivity index (χ2v) is 14.6. The highest BCUT2D eigenvalue weighted by Gasteiger charge is 2.23. The summed E-state index contributed by atoms with van der Waals surface area (Å²) in [7, 11) is 0. The number of hydrogen-bond acceptors (Lipinski definition) is 4. The Morgan fingerprint density at radius 1 is 0.293 bits per heavy atom. The van der Waals surface area contributed by atoms with Crippen LogP contribution in [0.15, 0.2) is 194 Å². The predicted octanol–water partition coefficient (Wildman–Crippen LogP) is 13.9. The lowest BCUT2D eigenvalue weighted by Crippen LogP contribution is -1.98. The van der Waals surface area contributed by atoms with Crippen molar-refractivity contribution < 1.29 is 19.7 Å². The molecule has 4 nitrogen and oxygen atoms in total. The average Bonchev–Trinajstić information content (AvgIpc) is 3.29. The van der Waals surface area contributed by atoms with Crippen molar-refractivity contribution in [1.29, 1.82) is 0 Å². The molecule has 0 unspecified atom stereocenters. The van der Waals surface area contributed by atoms with Crippen LogP contribution in [0.1, 0.15) is 11.1 Å². The molecule has 58 heavy (non-hydrogen) atoms. The molecule has 10 aromatic carbocycles. The maximum atomic E-state index is 10.3. The lowest BCUT2D eigenvalue weighted by molar-refractivity contribution is 0.281. The zero-order chi connectivity index (χ0) is 39.0. The van der Waals surface area contributed by atoms with Crippen LogP contribution in [-0.4, -0.2) is 10.2 Å². The van der Waals surface area contributed by atoms with Gasteiger partial charge >= 0.3 is 0 Å². The van der Waals surface area contributed by atoms with Crippen molar-refractivity contribution >= 4 is 43.1 Å². The van der Waals surface area contributed by atoms with E-state index < -0.39 is 0 Å². The first kappa shape index (κ1) is 35.2. The highest BCUT2D eigenvalue weighted by atomic mass is 16.5. The molecule has 0 aromatic heterocycles. The van der Waals surface area contributed by atoms with E-state index in [1.807, 2.05) is 60.7 Å².